The fourth-order valence-electron chi connectivity index (χ4n) is 2.47. The van der Waals surface area contributed by atoms with Crippen molar-refractivity contribution in [3.63, 3.8) is 0 Å². The SMILES string of the molecule is O=C(O)C1CCC(NC(=O)C2CCC2)CC1. The smallest absolute Gasteiger partial charge is 0.306 e. The van der Waals surface area contributed by atoms with E-state index < -0.39 is 5.97 Å². The number of hydrogen-bond donors (Lipinski definition) is 2. The highest BCUT2D eigenvalue weighted by Crippen LogP contribution is 2.28. The van der Waals surface area contributed by atoms with Gasteiger partial charge in [0.1, 0.15) is 0 Å². The first-order chi connectivity index (χ1) is 7.66. The van der Waals surface area contributed by atoms with E-state index in [1.807, 2.05) is 0 Å². The number of rotatable bonds is 3. The van der Waals surface area contributed by atoms with Gasteiger partial charge in [-0.3, -0.25) is 9.59 Å². The molecule has 16 heavy (non-hydrogen) atoms. The highest BCUT2D eigenvalue weighted by atomic mass is 16.4. The van der Waals surface area contributed by atoms with Gasteiger partial charge in [-0.1, -0.05) is 6.42 Å². The van der Waals surface area contributed by atoms with Gasteiger partial charge in [-0.05, 0) is 38.5 Å². The van der Waals surface area contributed by atoms with E-state index in [4.69, 9.17) is 5.11 Å². The lowest BCUT2D eigenvalue weighted by atomic mass is 9.83. The van der Waals surface area contributed by atoms with Crippen LogP contribution >= 0.6 is 0 Å². The van der Waals surface area contributed by atoms with Crippen molar-refractivity contribution in [1.82, 2.24) is 5.32 Å². The normalized spacial score (nSPS) is 30.5. The molecule has 2 rings (SSSR count). The van der Waals surface area contributed by atoms with Gasteiger partial charge in [0.05, 0.1) is 5.92 Å². The van der Waals surface area contributed by atoms with Gasteiger partial charge in [0.15, 0.2) is 0 Å². The predicted octanol–water partition coefficient (Wildman–Crippen LogP) is 1.55. The molecule has 0 saturated heterocycles. The summed E-state index contributed by atoms with van der Waals surface area (Å²) in [7, 11) is 0. The minimum absolute atomic E-state index is 0.185. The van der Waals surface area contributed by atoms with Crippen LogP contribution in [0.4, 0.5) is 0 Å². The van der Waals surface area contributed by atoms with Crippen LogP contribution in [0, 0.1) is 11.8 Å². The third kappa shape index (κ3) is 2.54. The molecule has 0 aromatic heterocycles. The molecule has 1 amide bonds. The number of nitrogens with one attached hydrogen (secondary N) is 1. The highest BCUT2D eigenvalue weighted by molar-refractivity contribution is 5.79. The van der Waals surface area contributed by atoms with Gasteiger partial charge >= 0.3 is 5.97 Å². The first kappa shape index (κ1) is 11.4. The second kappa shape index (κ2) is 4.85. The highest BCUT2D eigenvalue weighted by Gasteiger charge is 2.30. The monoisotopic (exact) mass is 225 g/mol. The Morgan fingerprint density at radius 1 is 0.938 bits per heavy atom. The fraction of sp³-hybridized carbons (Fsp3) is 0.833. The number of carbonyl (C=O) groups is 2. The van der Waals surface area contributed by atoms with Crippen LogP contribution in [0.5, 0.6) is 0 Å². The van der Waals surface area contributed by atoms with Gasteiger partial charge in [-0.25, -0.2) is 0 Å². The van der Waals surface area contributed by atoms with Crippen molar-refractivity contribution in [2.45, 2.75) is 51.0 Å². The predicted molar refractivity (Wildman–Crippen MR) is 58.9 cm³/mol. The number of hydrogen-bond acceptors (Lipinski definition) is 2. The maximum absolute atomic E-state index is 11.7. The van der Waals surface area contributed by atoms with Crippen LogP contribution in [-0.4, -0.2) is 23.0 Å². The van der Waals surface area contributed by atoms with Crippen molar-refractivity contribution in [2.75, 3.05) is 0 Å². The van der Waals surface area contributed by atoms with E-state index in [-0.39, 0.29) is 23.8 Å². The van der Waals surface area contributed by atoms with Crippen LogP contribution in [0.3, 0.4) is 0 Å². The summed E-state index contributed by atoms with van der Waals surface area (Å²) in [5, 5.41) is 11.9. The molecule has 0 aromatic carbocycles. The molecule has 2 N–H and O–H groups in total. The molecule has 2 saturated carbocycles. The Bertz CT molecular complexity index is 278. The van der Waals surface area contributed by atoms with Crippen LogP contribution < -0.4 is 5.32 Å². The zero-order valence-electron chi connectivity index (χ0n) is 9.45. The molecule has 2 aliphatic rings. The zero-order chi connectivity index (χ0) is 11.5. The third-order valence-electron chi connectivity index (χ3n) is 3.90. The van der Waals surface area contributed by atoms with E-state index in [2.05, 4.69) is 5.32 Å². The van der Waals surface area contributed by atoms with Crippen LogP contribution in [-0.2, 0) is 9.59 Å². The number of carboxylic acids is 1. The number of carbonyl (C=O) groups excluding carboxylic acids is 1. The number of aliphatic carboxylic acids is 1. The Labute approximate surface area is 95.4 Å². The lowest BCUT2D eigenvalue weighted by Crippen LogP contribution is -2.43. The molecule has 2 fully saturated rings. The maximum Gasteiger partial charge on any atom is 0.306 e. The second-order valence-electron chi connectivity index (χ2n) is 5.02. The molecule has 90 valence electrons. The van der Waals surface area contributed by atoms with Gasteiger partial charge in [0.2, 0.25) is 5.91 Å². The molecular formula is C12H19NO3. The Morgan fingerprint density at radius 3 is 2.00 bits per heavy atom. The van der Waals surface area contributed by atoms with Crippen LogP contribution in [0.15, 0.2) is 0 Å². The minimum Gasteiger partial charge on any atom is -0.481 e. The largest absolute Gasteiger partial charge is 0.481 e. The Kier molecular flexibility index (Phi) is 3.46. The topological polar surface area (TPSA) is 66.4 Å². The van der Waals surface area contributed by atoms with Gasteiger partial charge in [-0.15, -0.1) is 0 Å². The summed E-state index contributed by atoms with van der Waals surface area (Å²) in [6.45, 7) is 0. The molecule has 0 aliphatic heterocycles. The standard InChI is InChI=1S/C12H19NO3/c14-11(8-2-1-3-8)13-10-6-4-9(5-7-10)12(15)16/h8-10H,1-7H2,(H,13,14)(H,15,16). The summed E-state index contributed by atoms with van der Waals surface area (Å²) < 4.78 is 0. The lowest BCUT2D eigenvalue weighted by molar-refractivity contribution is -0.142. The van der Waals surface area contributed by atoms with Crippen molar-refractivity contribution in [1.29, 1.82) is 0 Å². The third-order valence-corrected chi connectivity index (χ3v) is 3.90. The molecular weight excluding hydrogens is 206 g/mol. The summed E-state index contributed by atoms with van der Waals surface area (Å²) in [6, 6.07) is 0.212. The van der Waals surface area contributed by atoms with Crippen molar-refractivity contribution in [2.24, 2.45) is 11.8 Å². The van der Waals surface area contributed by atoms with E-state index in [1.165, 1.54) is 6.42 Å². The summed E-state index contributed by atoms with van der Waals surface area (Å²) in [6.07, 6.45) is 6.25. The average molecular weight is 225 g/mol. The molecule has 4 nitrogen and oxygen atoms in total. The molecule has 0 atom stereocenters. The van der Waals surface area contributed by atoms with Crippen LogP contribution in [0.2, 0.25) is 0 Å². The first-order valence-electron chi connectivity index (χ1n) is 6.20. The van der Waals surface area contributed by atoms with Crippen molar-refractivity contribution < 1.29 is 14.7 Å². The molecule has 0 bridgehead atoms. The van der Waals surface area contributed by atoms with E-state index in [9.17, 15) is 9.59 Å². The Morgan fingerprint density at radius 2 is 1.56 bits per heavy atom. The van der Waals surface area contributed by atoms with E-state index in [1.54, 1.807) is 0 Å². The maximum atomic E-state index is 11.7. The molecule has 0 unspecified atom stereocenters. The average Bonchev–Trinajstić information content (AvgIpc) is 2.15. The number of amides is 1. The molecule has 0 spiro atoms. The van der Waals surface area contributed by atoms with E-state index >= 15 is 0 Å². The first-order valence-corrected chi connectivity index (χ1v) is 6.20. The van der Waals surface area contributed by atoms with Crippen molar-refractivity contribution in [3.05, 3.63) is 0 Å². The Balaban J connectivity index is 1.72. The van der Waals surface area contributed by atoms with E-state index in [0.717, 1.165) is 25.7 Å². The van der Waals surface area contributed by atoms with Gasteiger partial charge < -0.3 is 10.4 Å². The van der Waals surface area contributed by atoms with Crippen LogP contribution in [0.1, 0.15) is 44.9 Å². The van der Waals surface area contributed by atoms with Crippen molar-refractivity contribution >= 4 is 11.9 Å². The molecule has 0 heterocycles. The van der Waals surface area contributed by atoms with E-state index in [0.29, 0.717) is 12.8 Å². The van der Waals surface area contributed by atoms with Gasteiger partial charge in [-0.2, -0.15) is 0 Å². The Hall–Kier alpha value is -1.06. The van der Waals surface area contributed by atoms with Crippen molar-refractivity contribution in [3.8, 4) is 0 Å². The second-order valence-corrected chi connectivity index (χ2v) is 5.02. The van der Waals surface area contributed by atoms with Gasteiger partial charge in [0.25, 0.3) is 0 Å². The number of carboxylic acid groups (broad SMARTS) is 1. The summed E-state index contributed by atoms with van der Waals surface area (Å²) in [5.74, 6) is -0.470. The molecule has 2 aliphatic carbocycles. The van der Waals surface area contributed by atoms with Crippen LogP contribution in [0.25, 0.3) is 0 Å². The molecule has 4 heteroatoms. The summed E-state index contributed by atoms with van der Waals surface area (Å²) in [4.78, 5) is 22.4. The summed E-state index contributed by atoms with van der Waals surface area (Å²) >= 11 is 0. The quantitative estimate of drug-likeness (QED) is 0.765. The zero-order valence-corrected chi connectivity index (χ0v) is 9.45. The minimum atomic E-state index is -0.691. The molecule has 0 aromatic rings. The summed E-state index contributed by atoms with van der Waals surface area (Å²) in [5.41, 5.74) is 0. The fourth-order valence-corrected chi connectivity index (χ4v) is 2.47. The lowest BCUT2D eigenvalue weighted by Gasteiger charge is -2.30. The molecule has 0 radical (unpaired) electrons. The van der Waals surface area contributed by atoms with Gasteiger partial charge in [0, 0.05) is 12.0 Å².